The third-order valence-corrected chi connectivity index (χ3v) is 4.20. The van der Waals surface area contributed by atoms with Crippen LogP contribution in [0.4, 0.5) is 5.95 Å². The van der Waals surface area contributed by atoms with Crippen molar-refractivity contribution in [1.29, 1.82) is 0 Å². The van der Waals surface area contributed by atoms with Gasteiger partial charge in [-0.25, -0.2) is 4.98 Å². The second-order valence-corrected chi connectivity index (χ2v) is 5.60. The summed E-state index contributed by atoms with van der Waals surface area (Å²) in [6.07, 6.45) is -2.34. The molecule has 3 heterocycles. The minimum Gasteiger partial charge on any atom is -0.394 e. The molecule has 0 saturated carbocycles. The van der Waals surface area contributed by atoms with Gasteiger partial charge >= 0.3 is 0 Å². The van der Waals surface area contributed by atoms with Gasteiger partial charge in [0, 0.05) is 13.5 Å². The SMILES string of the molecule is COCC[C@@]1(n2cnc3c(=O)[nH]c(N)nc32)O[C@H](CO)[C@@H](O)[C@H]1O. The smallest absolute Gasteiger partial charge is 0.280 e. The van der Waals surface area contributed by atoms with E-state index in [1.54, 1.807) is 0 Å². The van der Waals surface area contributed by atoms with Gasteiger partial charge in [0.1, 0.15) is 18.3 Å². The molecular formula is C13H19N5O6. The van der Waals surface area contributed by atoms with Gasteiger partial charge in [0.2, 0.25) is 5.95 Å². The van der Waals surface area contributed by atoms with Gasteiger partial charge in [0.15, 0.2) is 16.9 Å². The summed E-state index contributed by atoms with van der Waals surface area (Å²) >= 11 is 0. The first-order chi connectivity index (χ1) is 11.4. The molecule has 1 aliphatic rings. The monoisotopic (exact) mass is 341 g/mol. The second-order valence-electron chi connectivity index (χ2n) is 5.60. The van der Waals surface area contributed by atoms with Crippen molar-refractivity contribution in [2.45, 2.75) is 30.5 Å². The highest BCUT2D eigenvalue weighted by Crippen LogP contribution is 2.39. The van der Waals surface area contributed by atoms with E-state index in [0.29, 0.717) is 0 Å². The maximum absolute atomic E-state index is 11.9. The molecule has 4 atom stereocenters. The molecule has 1 aliphatic heterocycles. The number of H-pyrrole nitrogens is 1. The Morgan fingerprint density at radius 3 is 2.92 bits per heavy atom. The molecule has 1 saturated heterocycles. The number of nitrogens with one attached hydrogen (secondary N) is 1. The molecule has 2 aromatic rings. The Balaban J connectivity index is 2.19. The average Bonchev–Trinajstić information content (AvgIpc) is 3.08. The van der Waals surface area contributed by atoms with Gasteiger partial charge in [-0.3, -0.25) is 14.3 Å². The lowest BCUT2D eigenvalue weighted by molar-refractivity contribution is -0.157. The van der Waals surface area contributed by atoms with Crippen molar-refractivity contribution in [3.05, 3.63) is 16.7 Å². The zero-order valence-corrected chi connectivity index (χ0v) is 12.9. The normalized spacial score (nSPS) is 30.2. The van der Waals surface area contributed by atoms with Gasteiger partial charge in [0.05, 0.1) is 19.5 Å². The summed E-state index contributed by atoms with van der Waals surface area (Å²) in [4.78, 5) is 22.3. The Hall–Kier alpha value is -2.05. The first-order valence-corrected chi connectivity index (χ1v) is 7.31. The van der Waals surface area contributed by atoms with E-state index in [1.807, 2.05) is 0 Å². The topological polar surface area (TPSA) is 169 Å². The molecule has 0 amide bonds. The fourth-order valence-electron chi connectivity index (χ4n) is 3.00. The van der Waals surface area contributed by atoms with Crippen LogP contribution in [0.2, 0.25) is 0 Å². The number of nitrogens with zero attached hydrogens (tertiary/aromatic N) is 3. The van der Waals surface area contributed by atoms with Crippen LogP contribution in [0.3, 0.4) is 0 Å². The summed E-state index contributed by atoms with van der Waals surface area (Å²) in [6.45, 7) is -0.310. The van der Waals surface area contributed by atoms with Crippen LogP contribution < -0.4 is 11.3 Å². The molecule has 0 aliphatic carbocycles. The van der Waals surface area contributed by atoms with Gasteiger partial charge < -0.3 is 30.5 Å². The number of aliphatic hydroxyl groups is 3. The standard InChI is InChI=1S/C13H19N5O6/c1-23-3-2-13(9(21)8(20)6(4-19)24-13)18-5-15-7-10(18)16-12(14)17-11(7)22/h5-6,8-9,19-21H,2-4H2,1H3,(H3,14,16,17,22)/t6-,8-,9-,13-/m1/s1. The number of aromatic nitrogens is 4. The van der Waals surface area contributed by atoms with Crippen molar-refractivity contribution < 1.29 is 24.8 Å². The first kappa shape index (κ1) is 16.8. The van der Waals surface area contributed by atoms with E-state index in [4.69, 9.17) is 15.2 Å². The summed E-state index contributed by atoms with van der Waals surface area (Å²) in [5.41, 5.74) is 3.65. The number of methoxy groups -OCH3 is 1. The molecule has 0 spiro atoms. The van der Waals surface area contributed by atoms with Crippen LogP contribution in [0.15, 0.2) is 11.1 Å². The molecule has 3 rings (SSSR count). The van der Waals surface area contributed by atoms with Gasteiger partial charge in [-0.05, 0) is 0 Å². The molecule has 0 bridgehead atoms. The van der Waals surface area contributed by atoms with Crippen LogP contribution in [0.25, 0.3) is 11.2 Å². The van der Waals surface area contributed by atoms with Crippen LogP contribution in [0, 0.1) is 0 Å². The van der Waals surface area contributed by atoms with Crippen molar-refractivity contribution >= 4 is 17.1 Å². The van der Waals surface area contributed by atoms with Crippen LogP contribution in [-0.4, -0.2) is 73.5 Å². The zero-order chi connectivity index (χ0) is 17.5. The highest BCUT2D eigenvalue weighted by atomic mass is 16.6. The third-order valence-electron chi connectivity index (χ3n) is 4.20. The minimum atomic E-state index is -1.51. The van der Waals surface area contributed by atoms with Crippen LogP contribution in [0.1, 0.15) is 6.42 Å². The third kappa shape index (κ3) is 2.37. The number of nitrogens with two attached hydrogens (primary N) is 1. The number of aromatic amines is 1. The number of hydrogen-bond acceptors (Lipinski definition) is 9. The highest BCUT2D eigenvalue weighted by Gasteiger charge is 2.55. The lowest BCUT2D eigenvalue weighted by Crippen LogP contribution is -2.46. The van der Waals surface area contributed by atoms with Crippen LogP contribution >= 0.6 is 0 Å². The van der Waals surface area contributed by atoms with Crippen LogP contribution in [0.5, 0.6) is 0 Å². The molecule has 0 unspecified atom stereocenters. The Morgan fingerprint density at radius 2 is 2.29 bits per heavy atom. The number of aliphatic hydroxyl groups excluding tert-OH is 3. The van der Waals surface area contributed by atoms with Gasteiger partial charge in [-0.2, -0.15) is 4.98 Å². The fourth-order valence-corrected chi connectivity index (χ4v) is 3.00. The molecule has 11 nitrogen and oxygen atoms in total. The lowest BCUT2D eigenvalue weighted by atomic mass is 9.99. The van der Waals surface area contributed by atoms with Crippen molar-refractivity contribution in [3.8, 4) is 0 Å². The number of rotatable bonds is 5. The molecule has 11 heteroatoms. The number of ether oxygens (including phenoxy) is 2. The van der Waals surface area contributed by atoms with E-state index >= 15 is 0 Å². The molecule has 2 aromatic heterocycles. The van der Waals surface area contributed by atoms with Gasteiger partial charge in [-0.15, -0.1) is 0 Å². The van der Waals surface area contributed by atoms with Crippen molar-refractivity contribution in [2.24, 2.45) is 0 Å². The summed E-state index contributed by atoms with van der Waals surface area (Å²) in [5.74, 6) is -0.122. The Morgan fingerprint density at radius 1 is 1.54 bits per heavy atom. The minimum absolute atomic E-state index is 0.0127. The predicted octanol–water partition coefficient (Wildman–Crippen LogP) is -2.50. The Labute approximate surface area is 135 Å². The molecular weight excluding hydrogens is 322 g/mol. The van der Waals surface area contributed by atoms with Crippen LogP contribution in [-0.2, 0) is 15.2 Å². The molecule has 0 aromatic carbocycles. The first-order valence-electron chi connectivity index (χ1n) is 7.31. The molecule has 0 radical (unpaired) electrons. The maximum Gasteiger partial charge on any atom is 0.280 e. The number of nitrogen functional groups attached to an aromatic ring is 1. The molecule has 6 N–H and O–H groups in total. The van der Waals surface area contributed by atoms with E-state index in [-0.39, 0.29) is 30.1 Å². The highest BCUT2D eigenvalue weighted by molar-refractivity contribution is 5.70. The van der Waals surface area contributed by atoms with Crippen molar-refractivity contribution in [1.82, 2.24) is 19.5 Å². The number of anilines is 1. The number of imidazole rings is 1. The summed E-state index contributed by atoms with van der Waals surface area (Å²) < 4.78 is 12.2. The van der Waals surface area contributed by atoms with Crippen molar-refractivity contribution in [3.63, 3.8) is 0 Å². The largest absolute Gasteiger partial charge is 0.394 e. The summed E-state index contributed by atoms with van der Waals surface area (Å²) in [5, 5.41) is 30.1. The predicted molar refractivity (Wildman–Crippen MR) is 81.0 cm³/mol. The van der Waals surface area contributed by atoms with Crippen molar-refractivity contribution in [2.75, 3.05) is 26.1 Å². The van der Waals surface area contributed by atoms with E-state index in [2.05, 4.69) is 15.0 Å². The average molecular weight is 341 g/mol. The fraction of sp³-hybridized carbons (Fsp3) is 0.615. The molecule has 132 valence electrons. The summed E-state index contributed by atoms with van der Waals surface area (Å²) in [7, 11) is 1.47. The quantitative estimate of drug-likeness (QED) is 0.395. The van der Waals surface area contributed by atoms with E-state index in [9.17, 15) is 20.1 Å². The van der Waals surface area contributed by atoms with E-state index in [1.165, 1.54) is 18.0 Å². The summed E-state index contributed by atoms with van der Waals surface area (Å²) in [6, 6.07) is 0. The van der Waals surface area contributed by atoms with Gasteiger partial charge in [-0.1, -0.05) is 0 Å². The van der Waals surface area contributed by atoms with E-state index < -0.39 is 36.2 Å². The zero-order valence-electron chi connectivity index (χ0n) is 12.9. The maximum atomic E-state index is 11.9. The Bertz CT molecular complexity index is 791. The van der Waals surface area contributed by atoms with Gasteiger partial charge in [0.25, 0.3) is 5.56 Å². The lowest BCUT2D eigenvalue weighted by Gasteiger charge is -2.33. The molecule has 24 heavy (non-hydrogen) atoms. The number of hydrogen-bond donors (Lipinski definition) is 5. The molecule has 1 fully saturated rings. The number of fused-ring (bicyclic) bond motifs is 1. The Kier molecular flexibility index (Phi) is 4.27. The second kappa shape index (κ2) is 6.11. The van der Waals surface area contributed by atoms with E-state index in [0.717, 1.165) is 0 Å².